The Balaban J connectivity index is 1.84. The van der Waals surface area contributed by atoms with E-state index in [0.717, 1.165) is 22.9 Å². The highest BCUT2D eigenvalue weighted by molar-refractivity contribution is 7.25. The van der Waals surface area contributed by atoms with E-state index in [1.54, 1.807) is 28.9 Å². The first-order valence-electron chi connectivity index (χ1n) is 6.88. The van der Waals surface area contributed by atoms with E-state index in [9.17, 15) is 4.79 Å². The fourth-order valence-corrected chi connectivity index (χ4v) is 3.82. The minimum atomic E-state index is -0.339. The van der Waals surface area contributed by atoms with E-state index in [1.165, 1.54) is 9.75 Å². The van der Waals surface area contributed by atoms with Crippen LogP contribution in [0.4, 0.5) is 0 Å². The van der Waals surface area contributed by atoms with E-state index in [4.69, 9.17) is 4.74 Å². The molecule has 0 aliphatic rings. The van der Waals surface area contributed by atoms with Gasteiger partial charge in [-0.25, -0.2) is 9.78 Å². The van der Waals surface area contributed by atoms with Gasteiger partial charge in [-0.15, -0.1) is 22.7 Å². The SMILES string of the molecule is CCCCOC(=O)c1cc2cc(-c3cccs3)sc2cn1. The Labute approximate surface area is 131 Å². The zero-order valence-corrected chi connectivity index (χ0v) is 13.3. The predicted octanol–water partition coefficient (Wildman–Crippen LogP) is 4.98. The molecule has 0 aromatic carbocycles. The molecule has 0 saturated heterocycles. The fraction of sp³-hybridized carbons (Fsp3) is 0.250. The van der Waals surface area contributed by atoms with Gasteiger partial charge in [-0.05, 0) is 35.4 Å². The number of carbonyl (C=O) groups excluding carboxylic acids is 1. The van der Waals surface area contributed by atoms with Crippen LogP contribution in [0, 0.1) is 0 Å². The number of rotatable bonds is 5. The van der Waals surface area contributed by atoms with E-state index in [-0.39, 0.29) is 5.97 Å². The Morgan fingerprint density at radius 2 is 2.24 bits per heavy atom. The summed E-state index contributed by atoms with van der Waals surface area (Å²) in [4.78, 5) is 18.6. The van der Waals surface area contributed by atoms with Crippen LogP contribution in [-0.4, -0.2) is 17.6 Å². The smallest absolute Gasteiger partial charge is 0.356 e. The Hall–Kier alpha value is -1.72. The number of thiophene rings is 2. The van der Waals surface area contributed by atoms with Gasteiger partial charge in [-0.1, -0.05) is 19.4 Å². The molecule has 0 atom stereocenters. The van der Waals surface area contributed by atoms with Crippen molar-refractivity contribution in [3.63, 3.8) is 0 Å². The first-order chi connectivity index (χ1) is 10.3. The summed E-state index contributed by atoms with van der Waals surface area (Å²) in [5, 5.41) is 3.11. The third-order valence-electron chi connectivity index (χ3n) is 3.11. The second-order valence-corrected chi connectivity index (χ2v) is 6.72. The minimum Gasteiger partial charge on any atom is -0.461 e. The maximum Gasteiger partial charge on any atom is 0.356 e. The molecule has 3 aromatic heterocycles. The van der Waals surface area contributed by atoms with E-state index in [0.29, 0.717) is 12.3 Å². The zero-order valence-electron chi connectivity index (χ0n) is 11.7. The number of hydrogen-bond donors (Lipinski definition) is 0. The number of ether oxygens (including phenoxy) is 1. The maximum atomic E-state index is 11.9. The van der Waals surface area contributed by atoms with Gasteiger partial charge < -0.3 is 4.74 Å². The number of carbonyl (C=O) groups is 1. The van der Waals surface area contributed by atoms with Crippen molar-refractivity contribution in [3.05, 3.63) is 41.5 Å². The number of hydrogen-bond acceptors (Lipinski definition) is 5. The molecule has 0 spiro atoms. The minimum absolute atomic E-state index is 0.339. The summed E-state index contributed by atoms with van der Waals surface area (Å²) >= 11 is 3.41. The third kappa shape index (κ3) is 3.14. The molecule has 3 nitrogen and oxygen atoms in total. The van der Waals surface area contributed by atoms with Gasteiger partial charge in [-0.2, -0.15) is 0 Å². The molecule has 0 bridgehead atoms. The molecule has 0 unspecified atom stereocenters. The molecule has 0 aliphatic heterocycles. The van der Waals surface area contributed by atoms with Crippen LogP contribution in [0.25, 0.3) is 19.8 Å². The molecule has 0 aliphatic carbocycles. The Kier molecular flexibility index (Phi) is 4.31. The van der Waals surface area contributed by atoms with Crippen LogP contribution in [0.15, 0.2) is 35.8 Å². The largest absolute Gasteiger partial charge is 0.461 e. The van der Waals surface area contributed by atoms with E-state index in [2.05, 4.69) is 29.4 Å². The van der Waals surface area contributed by atoms with Crippen LogP contribution in [0.1, 0.15) is 30.3 Å². The number of unbranched alkanes of at least 4 members (excludes halogenated alkanes) is 1. The van der Waals surface area contributed by atoms with Crippen LogP contribution in [0.3, 0.4) is 0 Å². The van der Waals surface area contributed by atoms with Gasteiger partial charge >= 0.3 is 5.97 Å². The molecule has 0 radical (unpaired) electrons. The van der Waals surface area contributed by atoms with Gasteiger partial charge in [0.15, 0.2) is 0 Å². The summed E-state index contributed by atoms with van der Waals surface area (Å²) in [6.07, 6.45) is 3.65. The standard InChI is InChI=1S/C16H15NO2S2/c1-2-3-6-19-16(18)12-8-11-9-14(13-5-4-7-20-13)21-15(11)10-17-12/h4-5,7-10H,2-3,6H2,1H3. The first-order valence-corrected chi connectivity index (χ1v) is 8.58. The van der Waals surface area contributed by atoms with Crippen molar-refractivity contribution >= 4 is 38.7 Å². The Bertz CT molecular complexity index is 747. The lowest BCUT2D eigenvalue weighted by Gasteiger charge is -2.02. The number of fused-ring (bicyclic) bond motifs is 1. The number of nitrogens with zero attached hydrogens (tertiary/aromatic N) is 1. The second-order valence-electron chi connectivity index (χ2n) is 4.68. The lowest BCUT2D eigenvalue weighted by atomic mass is 10.2. The highest BCUT2D eigenvalue weighted by Crippen LogP contribution is 2.35. The monoisotopic (exact) mass is 317 g/mol. The average molecular weight is 317 g/mol. The van der Waals surface area contributed by atoms with Crippen LogP contribution in [0.2, 0.25) is 0 Å². The summed E-state index contributed by atoms with van der Waals surface area (Å²) in [5.41, 5.74) is 0.383. The van der Waals surface area contributed by atoms with Crippen LogP contribution in [0.5, 0.6) is 0 Å². The Morgan fingerprint density at radius 1 is 1.33 bits per heavy atom. The first kappa shape index (κ1) is 14.2. The van der Waals surface area contributed by atoms with Gasteiger partial charge in [0.1, 0.15) is 5.69 Å². The van der Waals surface area contributed by atoms with E-state index < -0.39 is 0 Å². The van der Waals surface area contributed by atoms with Crippen LogP contribution < -0.4 is 0 Å². The van der Waals surface area contributed by atoms with Crippen molar-refractivity contribution in [2.24, 2.45) is 0 Å². The van der Waals surface area contributed by atoms with Crippen molar-refractivity contribution in [2.45, 2.75) is 19.8 Å². The molecular weight excluding hydrogens is 302 g/mol. The van der Waals surface area contributed by atoms with Gasteiger partial charge in [-0.3, -0.25) is 0 Å². The van der Waals surface area contributed by atoms with Crippen molar-refractivity contribution in [1.29, 1.82) is 0 Å². The van der Waals surface area contributed by atoms with Crippen molar-refractivity contribution in [2.75, 3.05) is 6.61 Å². The predicted molar refractivity (Wildman–Crippen MR) is 88.1 cm³/mol. The molecule has 0 N–H and O–H groups in total. The lowest BCUT2D eigenvalue weighted by molar-refractivity contribution is 0.0493. The number of aromatic nitrogens is 1. The van der Waals surface area contributed by atoms with Gasteiger partial charge in [0, 0.05) is 16.0 Å². The summed E-state index contributed by atoms with van der Waals surface area (Å²) in [6, 6.07) is 8.06. The Morgan fingerprint density at radius 3 is 3.00 bits per heavy atom. The molecule has 3 heterocycles. The van der Waals surface area contributed by atoms with Gasteiger partial charge in [0.25, 0.3) is 0 Å². The topological polar surface area (TPSA) is 39.2 Å². The maximum absolute atomic E-state index is 11.9. The fourth-order valence-electron chi connectivity index (χ4n) is 1.98. The van der Waals surface area contributed by atoms with Gasteiger partial charge in [0.05, 0.1) is 11.3 Å². The molecule has 3 aromatic rings. The summed E-state index contributed by atoms with van der Waals surface area (Å²) in [6.45, 7) is 2.52. The van der Waals surface area contributed by atoms with E-state index >= 15 is 0 Å². The summed E-state index contributed by atoms with van der Waals surface area (Å²) < 4.78 is 6.29. The molecule has 5 heteroatoms. The number of pyridine rings is 1. The average Bonchev–Trinajstić information content (AvgIpc) is 3.15. The molecule has 21 heavy (non-hydrogen) atoms. The summed E-state index contributed by atoms with van der Waals surface area (Å²) in [5.74, 6) is -0.339. The quantitative estimate of drug-likeness (QED) is 0.492. The third-order valence-corrected chi connectivity index (χ3v) is 5.26. The molecule has 108 valence electrons. The zero-order chi connectivity index (χ0) is 14.7. The highest BCUT2D eigenvalue weighted by Gasteiger charge is 2.12. The lowest BCUT2D eigenvalue weighted by Crippen LogP contribution is -2.07. The number of esters is 1. The molecular formula is C16H15NO2S2. The molecule has 0 amide bonds. The van der Waals surface area contributed by atoms with Crippen LogP contribution in [-0.2, 0) is 4.74 Å². The van der Waals surface area contributed by atoms with Crippen molar-refractivity contribution < 1.29 is 9.53 Å². The molecule has 3 rings (SSSR count). The highest BCUT2D eigenvalue weighted by atomic mass is 32.1. The van der Waals surface area contributed by atoms with Gasteiger partial charge in [0.2, 0.25) is 0 Å². The molecule has 0 saturated carbocycles. The van der Waals surface area contributed by atoms with E-state index in [1.807, 2.05) is 12.1 Å². The molecule has 0 fully saturated rings. The normalized spacial score (nSPS) is 10.9. The summed E-state index contributed by atoms with van der Waals surface area (Å²) in [7, 11) is 0. The van der Waals surface area contributed by atoms with Crippen molar-refractivity contribution in [3.8, 4) is 9.75 Å². The second kappa shape index (κ2) is 6.37. The van der Waals surface area contributed by atoms with Crippen molar-refractivity contribution in [1.82, 2.24) is 4.98 Å². The van der Waals surface area contributed by atoms with Crippen LogP contribution >= 0.6 is 22.7 Å².